The summed E-state index contributed by atoms with van der Waals surface area (Å²) < 4.78 is 16.6. The minimum absolute atomic E-state index is 0.351. The second-order valence-electron chi connectivity index (χ2n) is 6.59. The van der Waals surface area contributed by atoms with Crippen LogP contribution in [-0.4, -0.2) is 35.6 Å². The summed E-state index contributed by atoms with van der Waals surface area (Å²) in [6.45, 7) is 6.93. The zero-order valence-corrected chi connectivity index (χ0v) is 16.8. The maximum absolute atomic E-state index is 12.3. The van der Waals surface area contributed by atoms with Gasteiger partial charge in [0.05, 0.1) is 25.3 Å². The zero-order chi connectivity index (χ0) is 17.9. The summed E-state index contributed by atoms with van der Waals surface area (Å²) in [6, 6.07) is 1.88. The molecular weight excluding hydrogens is 398 g/mol. The number of methoxy groups -OCH3 is 1. The van der Waals surface area contributed by atoms with Crippen molar-refractivity contribution in [3.63, 3.8) is 0 Å². The molecule has 7 heteroatoms. The summed E-state index contributed by atoms with van der Waals surface area (Å²) in [5.74, 6) is 1.12. The Kier molecular flexibility index (Phi) is 6.26. The highest BCUT2D eigenvalue weighted by Gasteiger charge is 2.31. The number of rotatable bonds is 5. The van der Waals surface area contributed by atoms with E-state index in [1.807, 2.05) is 26.8 Å². The highest BCUT2D eigenvalue weighted by molar-refractivity contribution is 9.09. The normalized spacial score (nSPS) is 13.7. The molecule has 0 aromatic heterocycles. The Morgan fingerprint density at radius 2 is 2.08 bits per heavy atom. The highest BCUT2D eigenvalue weighted by Crippen LogP contribution is 2.43. The number of fused-ring (bicyclic) bond motifs is 1. The number of carbonyl (C=O) groups excluding carboxylic acids is 1. The number of hydrogen-bond acceptors (Lipinski definition) is 4. The van der Waals surface area contributed by atoms with Gasteiger partial charge in [-0.1, -0.05) is 27.5 Å². The van der Waals surface area contributed by atoms with Gasteiger partial charge < -0.3 is 14.2 Å². The molecule has 0 radical (unpaired) electrons. The van der Waals surface area contributed by atoms with Crippen molar-refractivity contribution in [2.45, 2.75) is 45.9 Å². The van der Waals surface area contributed by atoms with E-state index in [4.69, 9.17) is 25.8 Å². The lowest BCUT2D eigenvalue weighted by atomic mass is 10.1. The van der Waals surface area contributed by atoms with Crippen LogP contribution in [0.3, 0.4) is 0 Å². The van der Waals surface area contributed by atoms with Crippen molar-refractivity contribution in [1.29, 1.82) is 0 Å². The number of ether oxygens (including phenoxy) is 3. The summed E-state index contributed by atoms with van der Waals surface area (Å²) in [7, 11) is 1.58. The second-order valence-corrected chi connectivity index (χ2v) is 7.76. The summed E-state index contributed by atoms with van der Waals surface area (Å²) >= 11 is 9.90. The molecule has 0 bridgehead atoms. The average Bonchev–Trinajstić information content (AvgIpc) is 2.92. The lowest BCUT2D eigenvalue weighted by Crippen LogP contribution is -2.33. The molecule has 0 spiro atoms. The molecule has 5 nitrogen and oxygen atoms in total. The lowest BCUT2D eigenvalue weighted by molar-refractivity contribution is 0.0242. The van der Waals surface area contributed by atoms with Gasteiger partial charge in [-0.3, -0.25) is 4.90 Å². The summed E-state index contributed by atoms with van der Waals surface area (Å²) in [5.41, 5.74) is 1.31. The van der Waals surface area contributed by atoms with Gasteiger partial charge in [0.15, 0.2) is 11.5 Å². The van der Waals surface area contributed by atoms with Crippen LogP contribution in [0, 0.1) is 0 Å². The third kappa shape index (κ3) is 4.48. The molecule has 0 N–H and O–H groups in total. The first-order valence-corrected chi connectivity index (χ1v) is 9.31. The SMILES string of the molecule is COc1cc2c(c(Cl)c1OCCCBr)CN(C(=O)OC(C)(C)C)C2. The van der Waals surface area contributed by atoms with E-state index in [0.29, 0.717) is 36.2 Å². The highest BCUT2D eigenvalue weighted by atomic mass is 79.9. The van der Waals surface area contributed by atoms with Gasteiger partial charge in [-0.05, 0) is 44.4 Å². The topological polar surface area (TPSA) is 48.0 Å². The Bertz CT molecular complexity index is 616. The Morgan fingerprint density at radius 1 is 1.38 bits per heavy atom. The Morgan fingerprint density at radius 3 is 2.67 bits per heavy atom. The predicted molar refractivity (Wildman–Crippen MR) is 97.4 cm³/mol. The van der Waals surface area contributed by atoms with Crippen LogP contribution >= 0.6 is 27.5 Å². The van der Waals surface area contributed by atoms with Crippen molar-refractivity contribution in [2.75, 3.05) is 19.0 Å². The number of alkyl halides is 1. The van der Waals surface area contributed by atoms with Crippen LogP contribution < -0.4 is 9.47 Å². The fraction of sp³-hybridized carbons (Fsp3) is 0.588. The summed E-state index contributed by atoms with van der Waals surface area (Å²) in [5, 5.41) is 1.36. The molecule has 24 heavy (non-hydrogen) atoms. The summed E-state index contributed by atoms with van der Waals surface area (Å²) in [4.78, 5) is 13.9. The third-order valence-electron chi connectivity index (χ3n) is 3.49. The van der Waals surface area contributed by atoms with Crippen LogP contribution in [0.5, 0.6) is 11.5 Å². The van der Waals surface area contributed by atoms with Crippen LogP contribution in [0.15, 0.2) is 6.07 Å². The largest absolute Gasteiger partial charge is 0.493 e. The molecule has 0 unspecified atom stereocenters. The summed E-state index contributed by atoms with van der Waals surface area (Å²) in [6.07, 6.45) is 0.510. The number of halogens is 2. The van der Waals surface area contributed by atoms with Crippen molar-refractivity contribution >= 4 is 33.6 Å². The van der Waals surface area contributed by atoms with E-state index < -0.39 is 5.60 Å². The van der Waals surface area contributed by atoms with E-state index in [0.717, 1.165) is 22.9 Å². The minimum Gasteiger partial charge on any atom is -0.493 e. The number of nitrogens with zero attached hydrogens (tertiary/aromatic N) is 1. The Hall–Kier alpha value is -1.14. The molecule has 1 aromatic rings. The molecule has 1 aliphatic heterocycles. The van der Waals surface area contributed by atoms with Crippen molar-refractivity contribution in [3.05, 3.63) is 22.2 Å². The number of amides is 1. The van der Waals surface area contributed by atoms with Gasteiger partial charge in [-0.15, -0.1) is 0 Å². The maximum Gasteiger partial charge on any atom is 0.410 e. The van der Waals surface area contributed by atoms with Crippen molar-refractivity contribution in [3.8, 4) is 11.5 Å². The lowest BCUT2D eigenvalue weighted by Gasteiger charge is -2.24. The Balaban J connectivity index is 2.21. The van der Waals surface area contributed by atoms with Gasteiger partial charge in [0.25, 0.3) is 0 Å². The van der Waals surface area contributed by atoms with E-state index in [9.17, 15) is 4.79 Å². The minimum atomic E-state index is -0.530. The number of hydrogen-bond donors (Lipinski definition) is 0. The molecule has 1 aliphatic rings. The molecule has 0 aliphatic carbocycles. The first kappa shape index (κ1) is 19.2. The van der Waals surface area contributed by atoms with E-state index in [1.165, 1.54) is 0 Å². The van der Waals surface area contributed by atoms with Crippen molar-refractivity contribution < 1.29 is 19.0 Å². The quantitative estimate of drug-likeness (QED) is 0.509. The maximum atomic E-state index is 12.3. The van der Waals surface area contributed by atoms with Crippen LogP contribution in [0.4, 0.5) is 4.79 Å². The third-order valence-corrected chi connectivity index (χ3v) is 4.45. The molecule has 2 rings (SSSR count). The fourth-order valence-electron chi connectivity index (χ4n) is 2.43. The monoisotopic (exact) mass is 419 g/mol. The van der Waals surface area contributed by atoms with Gasteiger partial charge in [-0.2, -0.15) is 0 Å². The van der Waals surface area contributed by atoms with Gasteiger partial charge in [0.1, 0.15) is 5.60 Å². The van der Waals surface area contributed by atoms with Gasteiger partial charge in [-0.25, -0.2) is 4.79 Å². The van der Waals surface area contributed by atoms with Crippen LogP contribution in [0.25, 0.3) is 0 Å². The smallest absolute Gasteiger partial charge is 0.410 e. The second kappa shape index (κ2) is 7.83. The average molecular weight is 421 g/mol. The molecule has 1 amide bonds. The van der Waals surface area contributed by atoms with Crippen LogP contribution in [0.1, 0.15) is 38.3 Å². The van der Waals surface area contributed by atoms with Crippen molar-refractivity contribution in [1.82, 2.24) is 4.90 Å². The zero-order valence-electron chi connectivity index (χ0n) is 14.4. The van der Waals surface area contributed by atoms with E-state index in [-0.39, 0.29) is 6.09 Å². The first-order valence-electron chi connectivity index (χ1n) is 7.81. The van der Waals surface area contributed by atoms with E-state index >= 15 is 0 Å². The molecule has 0 atom stereocenters. The van der Waals surface area contributed by atoms with Gasteiger partial charge in [0, 0.05) is 11.9 Å². The standard InChI is InChI=1S/C17H23BrClNO4/c1-17(2,3)24-16(21)20-9-11-8-13(22-4)15(23-7-5-6-18)14(19)12(11)10-20/h8H,5-7,9-10H2,1-4H3. The molecule has 134 valence electrons. The van der Waals surface area contributed by atoms with Crippen molar-refractivity contribution in [2.24, 2.45) is 0 Å². The predicted octanol–water partition coefficient (Wildman–Crippen LogP) is 4.76. The molecule has 1 aromatic carbocycles. The molecule has 0 fully saturated rings. The first-order chi connectivity index (χ1) is 11.3. The van der Waals surface area contributed by atoms with Crippen LogP contribution in [-0.2, 0) is 17.8 Å². The van der Waals surface area contributed by atoms with Crippen LogP contribution in [0.2, 0.25) is 5.02 Å². The number of benzene rings is 1. The number of carbonyl (C=O) groups is 1. The van der Waals surface area contributed by atoms with E-state index in [2.05, 4.69) is 15.9 Å². The molecule has 0 saturated carbocycles. The molecular formula is C17H23BrClNO4. The van der Waals surface area contributed by atoms with E-state index in [1.54, 1.807) is 12.0 Å². The fourth-order valence-corrected chi connectivity index (χ4v) is 2.99. The molecule has 1 heterocycles. The van der Waals surface area contributed by atoms with Gasteiger partial charge >= 0.3 is 6.09 Å². The molecule has 0 saturated heterocycles. The van der Waals surface area contributed by atoms with Gasteiger partial charge in [0.2, 0.25) is 0 Å². The Labute approximate surface area is 156 Å².